The lowest BCUT2D eigenvalue weighted by atomic mass is 9.96. The minimum absolute atomic E-state index is 0.668. The minimum Gasteiger partial charge on any atom is -0.479 e. The van der Waals surface area contributed by atoms with E-state index in [2.05, 4.69) is 9.97 Å². The van der Waals surface area contributed by atoms with E-state index in [4.69, 9.17) is 10.8 Å². The first-order valence-corrected chi connectivity index (χ1v) is 3.65. The standard InChI is InChI=1S/C7H6F3N3O2/c8-7(9,10)6(11,5(14)15)4-3-12-1-2-13-4/h1-3H,11H2,(H,14,15). The van der Waals surface area contributed by atoms with Crippen LogP contribution in [0, 0.1) is 0 Å². The third kappa shape index (κ3) is 1.75. The smallest absolute Gasteiger partial charge is 0.423 e. The average Bonchev–Trinajstić information content (AvgIpc) is 2.16. The van der Waals surface area contributed by atoms with Gasteiger partial charge in [0, 0.05) is 12.4 Å². The molecular weight excluding hydrogens is 215 g/mol. The second-order valence-corrected chi connectivity index (χ2v) is 2.70. The van der Waals surface area contributed by atoms with Gasteiger partial charge in [-0.3, -0.25) is 9.97 Å². The number of rotatable bonds is 2. The number of hydrogen-bond acceptors (Lipinski definition) is 4. The fourth-order valence-electron chi connectivity index (χ4n) is 0.879. The summed E-state index contributed by atoms with van der Waals surface area (Å²) in [7, 11) is 0. The van der Waals surface area contributed by atoms with Crippen molar-refractivity contribution in [2.75, 3.05) is 0 Å². The molecule has 0 aliphatic carbocycles. The third-order valence-electron chi connectivity index (χ3n) is 1.75. The second kappa shape index (κ2) is 3.46. The van der Waals surface area contributed by atoms with Crippen LogP contribution in [0.1, 0.15) is 5.69 Å². The molecule has 0 amide bonds. The summed E-state index contributed by atoms with van der Waals surface area (Å²) in [4.78, 5) is 17.1. The molecule has 0 saturated heterocycles. The topological polar surface area (TPSA) is 89.1 Å². The lowest BCUT2D eigenvalue weighted by molar-refractivity contribution is -0.205. The number of alkyl halides is 3. The van der Waals surface area contributed by atoms with Gasteiger partial charge in [0.15, 0.2) is 0 Å². The van der Waals surface area contributed by atoms with Gasteiger partial charge in [0.25, 0.3) is 5.54 Å². The van der Waals surface area contributed by atoms with Crippen LogP contribution in [0.3, 0.4) is 0 Å². The maximum atomic E-state index is 12.5. The Balaban J connectivity index is 3.32. The molecule has 1 heterocycles. The van der Waals surface area contributed by atoms with E-state index in [0.717, 1.165) is 12.4 Å². The van der Waals surface area contributed by atoms with Crippen molar-refractivity contribution in [1.29, 1.82) is 0 Å². The van der Waals surface area contributed by atoms with Gasteiger partial charge in [0.05, 0.1) is 11.9 Å². The molecule has 0 aromatic carbocycles. The highest BCUT2D eigenvalue weighted by molar-refractivity contribution is 5.80. The first-order valence-electron chi connectivity index (χ1n) is 3.65. The Labute approximate surface area is 81.8 Å². The molecule has 0 aliphatic heterocycles. The molecule has 5 nitrogen and oxygen atoms in total. The molecule has 0 radical (unpaired) electrons. The Kier molecular flexibility index (Phi) is 2.63. The first kappa shape index (κ1) is 11.4. The number of carbonyl (C=O) groups is 1. The van der Waals surface area contributed by atoms with Crippen LogP contribution in [-0.2, 0) is 10.3 Å². The van der Waals surface area contributed by atoms with Crippen LogP contribution in [-0.4, -0.2) is 27.2 Å². The second-order valence-electron chi connectivity index (χ2n) is 2.70. The summed E-state index contributed by atoms with van der Waals surface area (Å²) in [6, 6.07) is 0. The number of carboxylic acid groups (broad SMARTS) is 1. The summed E-state index contributed by atoms with van der Waals surface area (Å²) in [5.74, 6) is -2.23. The zero-order valence-electron chi connectivity index (χ0n) is 7.19. The van der Waals surface area contributed by atoms with Gasteiger partial charge in [-0.1, -0.05) is 0 Å². The highest BCUT2D eigenvalue weighted by Gasteiger charge is 2.60. The van der Waals surface area contributed by atoms with Crippen LogP contribution in [0.15, 0.2) is 18.6 Å². The summed E-state index contributed by atoms with van der Waals surface area (Å²) >= 11 is 0. The Morgan fingerprint density at radius 2 is 2.00 bits per heavy atom. The lowest BCUT2D eigenvalue weighted by Crippen LogP contribution is -2.57. The molecule has 15 heavy (non-hydrogen) atoms. The molecular formula is C7H6F3N3O2. The van der Waals surface area contributed by atoms with Crippen LogP contribution in [0.5, 0.6) is 0 Å². The fraction of sp³-hybridized carbons (Fsp3) is 0.286. The fourth-order valence-corrected chi connectivity index (χ4v) is 0.879. The zero-order chi connectivity index (χ0) is 11.7. The summed E-state index contributed by atoms with van der Waals surface area (Å²) in [6.07, 6.45) is -2.43. The van der Waals surface area contributed by atoms with E-state index < -0.39 is 23.4 Å². The van der Waals surface area contributed by atoms with E-state index in [1.807, 2.05) is 0 Å². The highest BCUT2D eigenvalue weighted by Crippen LogP contribution is 2.35. The zero-order valence-corrected chi connectivity index (χ0v) is 7.19. The quantitative estimate of drug-likeness (QED) is 0.748. The average molecular weight is 221 g/mol. The molecule has 0 fully saturated rings. The van der Waals surface area contributed by atoms with Crippen molar-refractivity contribution >= 4 is 5.97 Å². The third-order valence-corrected chi connectivity index (χ3v) is 1.75. The number of carboxylic acids is 1. The van der Waals surface area contributed by atoms with Crippen molar-refractivity contribution in [2.45, 2.75) is 11.7 Å². The molecule has 1 rings (SSSR count). The maximum Gasteiger partial charge on any atom is 0.423 e. The van der Waals surface area contributed by atoms with Gasteiger partial charge in [0.2, 0.25) is 0 Å². The summed E-state index contributed by atoms with van der Waals surface area (Å²) in [5.41, 5.74) is 0.429. The van der Waals surface area contributed by atoms with Crippen LogP contribution in [0.2, 0.25) is 0 Å². The molecule has 1 aromatic heterocycles. The van der Waals surface area contributed by atoms with E-state index in [-0.39, 0.29) is 0 Å². The SMILES string of the molecule is NC(C(=O)O)(c1cnccn1)C(F)(F)F. The van der Waals surface area contributed by atoms with Crippen molar-refractivity contribution < 1.29 is 23.1 Å². The molecule has 8 heteroatoms. The van der Waals surface area contributed by atoms with Crippen molar-refractivity contribution in [1.82, 2.24) is 9.97 Å². The number of hydrogen-bond donors (Lipinski definition) is 2. The summed E-state index contributed by atoms with van der Waals surface area (Å²) in [5, 5.41) is 8.51. The van der Waals surface area contributed by atoms with Crippen LogP contribution in [0.25, 0.3) is 0 Å². The predicted octanol–water partition coefficient (Wildman–Crippen LogP) is 0.277. The molecule has 82 valence electrons. The van der Waals surface area contributed by atoms with E-state index >= 15 is 0 Å². The van der Waals surface area contributed by atoms with Gasteiger partial charge >= 0.3 is 12.1 Å². The number of halogens is 3. The summed E-state index contributed by atoms with van der Waals surface area (Å²) < 4.78 is 37.4. The van der Waals surface area contributed by atoms with Gasteiger partial charge in [0.1, 0.15) is 0 Å². The van der Waals surface area contributed by atoms with Gasteiger partial charge in [-0.05, 0) is 0 Å². The van der Waals surface area contributed by atoms with Crippen molar-refractivity contribution in [3.63, 3.8) is 0 Å². The maximum absolute atomic E-state index is 12.5. The molecule has 0 spiro atoms. The van der Waals surface area contributed by atoms with Gasteiger partial charge in [-0.2, -0.15) is 13.2 Å². The van der Waals surface area contributed by atoms with Gasteiger partial charge in [-0.25, -0.2) is 4.79 Å². The Hall–Kier alpha value is -1.70. The van der Waals surface area contributed by atoms with Gasteiger partial charge in [-0.15, -0.1) is 0 Å². The van der Waals surface area contributed by atoms with E-state index in [1.165, 1.54) is 0 Å². The number of aromatic nitrogens is 2. The molecule has 0 bridgehead atoms. The highest BCUT2D eigenvalue weighted by atomic mass is 19.4. The van der Waals surface area contributed by atoms with E-state index in [0.29, 0.717) is 6.20 Å². The number of nitrogens with two attached hydrogens (primary N) is 1. The monoisotopic (exact) mass is 221 g/mol. The van der Waals surface area contributed by atoms with E-state index in [1.54, 1.807) is 0 Å². The molecule has 0 saturated carbocycles. The lowest BCUT2D eigenvalue weighted by Gasteiger charge is -2.25. The first-order chi connectivity index (χ1) is 6.80. The predicted molar refractivity (Wildman–Crippen MR) is 41.6 cm³/mol. The Morgan fingerprint density at radius 1 is 1.40 bits per heavy atom. The van der Waals surface area contributed by atoms with Gasteiger partial charge < -0.3 is 10.8 Å². The van der Waals surface area contributed by atoms with Crippen molar-refractivity contribution in [2.24, 2.45) is 5.73 Å². The Morgan fingerprint density at radius 3 is 2.33 bits per heavy atom. The van der Waals surface area contributed by atoms with Crippen LogP contribution in [0.4, 0.5) is 13.2 Å². The Bertz CT molecular complexity index is 367. The van der Waals surface area contributed by atoms with Crippen LogP contribution < -0.4 is 5.73 Å². The molecule has 0 aliphatic rings. The summed E-state index contributed by atoms with van der Waals surface area (Å²) in [6.45, 7) is 0. The number of aliphatic carboxylic acids is 1. The molecule has 3 N–H and O–H groups in total. The molecule has 1 unspecified atom stereocenters. The molecule has 1 aromatic rings. The van der Waals surface area contributed by atoms with E-state index in [9.17, 15) is 18.0 Å². The number of nitrogens with zero attached hydrogens (tertiary/aromatic N) is 2. The van der Waals surface area contributed by atoms with Crippen molar-refractivity contribution in [3.8, 4) is 0 Å². The normalized spacial score (nSPS) is 15.7. The van der Waals surface area contributed by atoms with Crippen LogP contribution >= 0.6 is 0 Å². The molecule has 1 atom stereocenters. The van der Waals surface area contributed by atoms with Crippen molar-refractivity contribution in [3.05, 3.63) is 24.3 Å². The largest absolute Gasteiger partial charge is 0.479 e. The minimum atomic E-state index is -5.14.